The molecule has 1 fully saturated rings. The summed E-state index contributed by atoms with van der Waals surface area (Å²) >= 11 is 2.00. The van der Waals surface area contributed by atoms with Crippen LogP contribution in [0.1, 0.15) is 15.9 Å². The van der Waals surface area contributed by atoms with Gasteiger partial charge in [0.05, 0.1) is 5.56 Å². The zero-order valence-electron chi connectivity index (χ0n) is 15.0. The molecular weight excluding hydrogens is 356 g/mol. The van der Waals surface area contributed by atoms with Crippen LogP contribution in [0.25, 0.3) is 10.8 Å². The van der Waals surface area contributed by atoms with Gasteiger partial charge in [0.25, 0.3) is 5.91 Å². The topological polar surface area (TPSA) is 52.6 Å². The number of nitrogens with zero attached hydrogens (tertiary/aromatic N) is 1. The number of rotatable bonds is 4. The van der Waals surface area contributed by atoms with Gasteiger partial charge in [-0.1, -0.05) is 36.4 Å². The number of hydrogen-bond donors (Lipinski definition) is 2. The molecule has 0 spiro atoms. The molecule has 4 rings (SSSR count). The number of anilines is 1. The van der Waals surface area contributed by atoms with Gasteiger partial charge in [-0.2, -0.15) is 11.8 Å². The summed E-state index contributed by atoms with van der Waals surface area (Å²) < 4.78 is 0. The maximum atomic E-state index is 12.5. The van der Waals surface area contributed by atoms with Gasteiger partial charge in [-0.3, -0.25) is 4.79 Å². The summed E-state index contributed by atoms with van der Waals surface area (Å²) in [5.74, 6) is 2.08. The van der Waals surface area contributed by atoms with E-state index in [0.29, 0.717) is 12.1 Å². The first-order chi connectivity index (χ1) is 13.2. The predicted molar refractivity (Wildman–Crippen MR) is 113 cm³/mol. The van der Waals surface area contributed by atoms with Crippen molar-refractivity contribution in [3.63, 3.8) is 0 Å². The third-order valence-corrected chi connectivity index (χ3v) is 5.82. The molecule has 5 heteroatoms. The Morgan fingerprint density at radius 2 is 1.67 bits per heavy atom. The van der Waals surface area contributed by atoms with Gasteiger partial charge in [0.2, 0.25) is 0 Å². The second-order valence-corrected chi connectivity index (χ2v) is 7.89. The lowest BCUT2D eigenvalue weighted by Crippen LogP contribution is -2.32. The van der Waals surface area contributed by atoms with Crippen LogP contribution in [-0.4, -0.2) is 35.6 Å². The van der Waals surface area contributed by atoms with E-state index in [1.807, 2.05) is 36.0 Å². The predicted octanol–water partition coefficient (Wildman–Crippen LogP) is 4.03. The number of amides is 1. The molecule has 3 aromatic rings. The Morgan fingerprint density at radius 1 is 1.00 bits per heavy atom. The van der Waals surface area contributed by atoms with Gasteiger partial charge in [-0.15, -0.1) is 0 Å². The zero-order chi connectivity index (χ0) is 18.6. The van der Waals surface area contributed by atoms with E-state index in [2.05, 4.69) is 34.5 Å². The highest BCUT2D eigenvalue weighted by Crippen LogP contribution is 2.25. The van der Waals surface area contributed by atoms with Crippen LogP contribution in [0.3, 0.4) is 0 Å². The summed E-state index contributed by atoms with van der Waals surface area (Å²) in [5.41, 5.74) is 2.58. The normalized spacial score (nSPS) is 14.3. The monoisotopic (exact) mass is 378 g/mol. The summed E-state index contributed by atoms with van der Waals surface area (Å²) in [5, 5.41) is 14.9. The number of phenolic OH excluding ortho intramolecular Hbond substituents is 1. The van der Waals surface area contributed by atoms with Crippen molar-refractivity contribution in [1.29, 1.82) is 0 Å². The molecule has 4 nitrogen and oxygen atoms in total. The number of fused-ring (bicyclic) bond motifs is 1. The van der Waals surface area contributed by atoms with Crippen molar-refractivity contribution in [1.82, 2.24) is 5.32 Å². The van der Waals surface area contributed by atoms with Crippen molar-refractivity contribution in [2.45, 2.75) is 6.54 Å². The average molecular weight is 378 g/mol. The Labute approximate surface area is 163 Å². The van der Waals surface area contributed by atoms with Crippen LogP contribution in [0.15, 0.2) is 60.7 Å². The number of benzene rings is 3. The molecule has 138 valence electrons. The minimum absolute atomic E-state index is 0.00418. The molecular formula is C22H22N2O2S. The fourth-order valence-corrected chi connectivity index (χ4v) is 4.24. The van der Waals surface area contributed by atoms with Gasteiger partial charge in [0, 0.05) is 36.8 Å². The molecule has 0 unspecified atom stereocenters. The standard InChI is InChI=1S/C22H22N2O2S/c25-21-14-18-4-2-1-3-17(18)13-20(21)22(26)23-15-16-5-7-19(8-6-16)24-9-11-27-12-10-24/h1-8,13-14,25H,9-12,15H2,(H,23,26). The van der Waals surface area contributed by atoms with Gasteiger partial charge >= 0.3 is 0 Å². The Hall–Kier alpha value is -2.66. The van der Waals surface area contributed by atoms with E-state index in [1.165, 1.54) is 17.2 Å². The number of carbonyl (C=O) groups is 1. The average Bonchev–Trinajstić information content (AvgIpc) is 2.72. The highest BCUT2D eigenvalue weighted by Gasteiger charge is 2.13. The molecule has 1 heterocycles. The Bertz CT molecular complexity index is 950. The Kier molecular flexibility index (Phi) is 5.21. The number of thioether (sulfide) groups is 1. The van der Waals surface area contributed by atoms with Crippen molar-refractivity contribution in [2.24, 2.45) is 0 Å². The summed E-state index contributed by atoms with van der Waals surface area (Å²) in [6.45, 7) is 2.60. The van der Waals surface area contributed by atoms with Crippen LogP contribution >= 0.6 is 11.8 Å². The quantitative estimate of drug-likeness (QED) is 0.720. The SMILES string of the molecule is O=C(NCc1ccc(N2CCSCC2)cc1)c1cc2ccccc2cc1O. The van der Waals surface area contributed by atoms with E-state index in [0.717, 1.165) is 29.4 Å². The van der Waals surface area contributed by atoms with Crippen LogP contribution in [0.4, 0.5) is 5.69 Å². The lowest BCUT2D eigenvalue weighted by Gasteiger charge is -2.28. The number of nitrogens with one attached hydrogen (secondary N) is 1. The number of phenols is 1. The molecule has 0 aromatic heterocycles. The van der Waals surface area contributed by atoms with E-state index < -0.39 is 0 Å². The molecule has 27 heavy (non-hydrogen) atoms. The molecule has 2 N–H and O–H groups in total. The molecule has 1 amide bonds. The summed E-state index contributed by atoms with van der Waals surface area (Å²) in [4.78, 5) is 14.9. The third kappa shape index (κ3) is 4.03. The number of aromatic hydroxyl groups is 1. The fourth-order valence-electron chi connectivity index (χ4n) is 3.33. The molecule has 0 aliphatic carbocycles. The molecule has 0 radical (unpaired) electrons. The Balaban J connectivity index is 1.42. The maximum absolute atomic E-state index is 12.5. The van der Waals surface area contributed by atoms with Crippen LogP contribution in [0.2, 0.25) is 0 Å². The van der Waals surface area contributed by atoms with Gasteiger partial charge in [-0.05, 0) is 40.6 Å². The van der Waals surface area contributed by atoms with E-state index in [1.54, 1.807) is 12.1 Å². The maximum Gasteiger partial charge on any atom is 0.255 e. The largest absolute Gasteiger partial charge is 0.507 e. The first-order valence-electron chi connectivity index (χ1n) is 9.12. The first kappa shape index (κ1) is 17.7. The minimum Gasteiger partial charge on any atom is -0.507 e. The van der Waals surface area contributed by atoms with E-state index in [4.69, 9.17) is 0 Å². The molecule has 1 saturated heterocycles. The van der Waals surface area contributed by atoms with Crippen molar-refractivity contribution < 1.29 is 9.90 Å². The van der Waals surface area contributed by atoms with Crippen molar-refractivity contribution in [3.05, 3.63) is 71.8 Å². The minimum atomic E-state index is -0.268. The number of hydrogen-bond acceptors (Lipinski definition) is 4. The van der Waals surface area contributed by atoms with Crippen LogP contribution in [-0.2, 0) is 6.54 Å². The number of carbonyl (C=O) groups excluding carboxylic acids is 1. The zero-order valence-corrected chi connectivity index (χ0v) is 15.8. The summed E-state index contributed by atoms with van der Waals surface area (Å²) in [6.07, 6.45) is 0. The third-order valence-electron chi connectivity index (χ3n) is 4.87. The van der Waals surface area contributed by atoms with E-state index in [-0.39, 0.29) is 11.7 Å². The molecule has 0 saturated carbocycles. The molecule has 3 aromatic carbocycles. The Morgan fingerprint density at radius 3 is 2.37 bits per heavy atom. The van der Waals surface area contributed by atoms with Crippen LogP contribution in [0.5, 0.6) is 5.75 Å². The van der Waals surface area contributed by atoms with Gasteiger partial charge in [0.15, 0.2) is 0 Å². The van der Waals surface area contributed by atoms with Gasteiger partial charge in [0.1, 0.15) is 5.75 Å². The second-order valence-electron chi connectivity index (χ2n) is 6.67. The molecule has 1 aliphatic heterocycles. The molecule has 1 aliphatic rings. The van der Waals surface area contributed by atoms with Crippen molar-refractivity contribution in [3.8, 4) is 5.75 Å². The first-order valence-corrected chi connectivity index (χ1v) is 10.3. The smallest absolute Gasteiger partial charge is 0.255 e. The highest BCUT2D eigenvalue weighted by molar-refractivity contribution is 7.99. The van der Waals surface area contributed by atoms with Crippen LogP contribution in [0, 0.1) is 0 Å². The van der Waals surface area contributed by atoms with E-state index >= 15 is 0 Å². The van der Waals surface area contributed by atoms with Crippen molar-refractivity contribution in [2.75, 3.05) is 29.5 Å². The van der Waals surface area contributed by atoms with E-state index in [9.17, 15) is 9.90 Å². The molecule has 0 bridgehead atoms. The summed E-state index contributed by atoms with van der Waals surface area (Å²) in [7, 11) is 0. The summed E-state index contributed by atoms with van der Waals surface area (Å²) in [6, 6.07) is 19.4. The van der Waals surface area contributed by atoms with Gasteiger partial charge < -0.3 is 15.3 Å². The lowest BCUT2D eigenvalue weighted by atomic mass is 10.1. The second kappa shape index (κ2) is 7.92. The fraction of sp³-hybridized carbons (Fsp3) is 0.227. The van der Waals surface area contributed by atoms with Crippen LogP contribution < -0.4 is 10.2 Å². The van der Waals surface area contributed by atoms with Gasteiger partial charge in [-0.25, -0.2) is 0 Å². The lowest BCUT2D eigenvalue weighted by molar-refractivity contribution is 0.0948. The van der Waals surface area contributed by atoms with Crippen molar-refractivity contribution >= 4 is 34.1 Å². The molecule has 0 atom stereocenters. The highest BCUT2D eigenvalue weighted by atomic mass is 32.2.